The number of nitrogens with one attached hydrogen (secondary N) is 1. The topological polar surface area (TPSA) is 138 Å². The van der Waals surface area contributed by atoms with E-state index in [4.69, 9.17) is 13.9 Å². The van der Waals surface area contributed by atoms with E-state index in [9.17, 15) is 24.3 Å². The van der Waals surface area contributed by atoms with Crippen molar-refractivity contribution < 1.29 is 38.1 Å². The second-order valence-electron chi connectivity index (χ2n) is 8.52. The van der Waals surface area contributed by atoms with E-state index in [0.717, 1.165) is 21.9 Å². The molecular weight excluding hydrogens is 485 g/mol. The Hall–Kier alpha value is -3.36. The van der Waals surface area contributed by atoms with E-state index >= 15 is 0 Å². The van der Waals surface area contributed by atoms with Gasteiger partial charge in [0.2, 0.25) is 0 Å². The van der Waals surface area contributed by atoms with Crippen molar-refractivity contribution in [1.29, 1.82) is 0 Å². The summed E-state index contributed by atoms with van der Waals surface area (Å²) in [6.45, 7) is 0. The summed E-state index contributed by atoms with van der Waals surface area (Å²) in [5.74, 6) is -1.51. The molecule has 0 amide bonds. The quantitative estimate of drug-likeness (QED) is 0.216. The lowest BCUT2D eigenvalue weighted by Gasteiger charge is -2.24. The maximum absolute atomic E-state index is 12.2. The van der Waals surface area contributed by atoms with Crippen molar-refractivity contribution in [2.45, 2.75) is 31.1 Å². The molecule has 10 heteroatoms. The lowest BCUT2D eigenvalue weighted by molar-refractivity contribution is -0.139. The zero-order valence-electron chi connectivity index (χ0n) is 19.9. The summed E-state index contributed by atoms with van der Waals surface area (Å²) < 4.78 is 28.6. The molecule has 36 heavy (non-hydrogen) atoms. The van der Waals surface area contributed by atoms with Gasteiger partial charge in [-0.25, -0.2) is 0 Å². The normalized spacial score (nSPS) is 13.6. The molecule has 0 saturated heterocycles. The predicted molar refractivity (Wildman–Crippen MR) is 136 cm³/mol. The number of rotatable bonds is 11. The number of para-hydroxylation sites is 1. The van der Waals surface area contributed by atoms with Gasteiger partial charge in [-0.3, -0.25) is 14.7 Å². The molecule has 1 aromatic heterocycles. The zero-order chi connectivity index (χ0) is 25.9. The third-order valence-electron chi connectivity index (χ3n) is 6.14. The van der Waals surface area contributed by atoms with Gasteiger partial charge in [0.15, 0.2) is 11.5 Å². The third kappa shape index (κ3) is 5.71. The van der Waals surface area contributed by atoms with Crippen molar-refractivity contribution in [2.24, 2.45) is 0 Å². The van der Waals surface area contributed by atoms with Crippen molar-refractivity contribution in [1.82, 2.24) is 5.32 Å². The van der Waals surface area contributed by atoms with E-state index in [1.54, 1.807) is 30.3 Å². The lowest BCUT2D eigenvalue weighted by Crippen LogP contribution is -2.44. The van der Waals surface area contributed by atoms with Crippen molar-refractivity contribution in [3.63, 3.8) is 0 Å². The first-order valence-electron chi connectivity index (χ1n) is 11.3. The molecule has 190 valence electrons. The summed E-state index contributed by atoms with van der Waals surface area (Å²) in [5, 5.41) is 14.4. The van der Waals surface area contributed by atoms with Crippen LogP contribution >= 0.6 is 7.60 Å². The van der Waals surface area contributed by atoms with Crippen LogP contribution in [-0.4, -0.2) is 46.9 Å². The fourth-order valence-electron chi connectivity index (χ4n) is 4.27. The molecule has 4 aromatic rings. The Balaban J connectivity index is 1.51. The van der Waals surface area contributed by atoms with E-state index < -0.39 is 25.4 Å². The average Bonchev–Trinajstić information content (AvgIpc) is 3.22. The van der Waals surface area contributed by atoms with Crippen LogP contribution in [-0.2, 0) is 22.2 Å². The van der Waals surface area contributed by atoms with E-state index in [1.807, 2.05) is 30.3 Å². The van der Waals surface area contributed by atoms with Gasteiger partial charge in [-0.05, 0) is 54.7 Å². The molecule has 0 fully saturated rings. The second-order valence-corrected chi connectivity index (χ2v) is 10.3. The number of methoxy groups -OCH3 is 2. The molecule has 0 aliphatic heterocycles. The minimum absolute atomic E-state index is 0.0200. The molecule has 3 aromatic carbocycles. The molecule has 1 heterocycles. The van der Waals surface area contributed by atoms with E-state index in [2.05, 4.69) is 5.32 Å². The van der Waals surface area contributed by atoms with Crippen LogP contribution in [0.1, 0.15) is 17.5 Å². The number of benzene rings is 3. The first kappa shape index (κ1) is 25.7. The van der Waals surface area contributed by atoms with Gasteiger partial charge in [0.05, 0.1) is 14.2 Å². The molecule has 4 N–H and O–H groups in total. The summed E-state index contributed by atoms with van der Waals surface area (Å²) in [5.41, 5.74) is 2.80. The van der Waals surface area contributed by atoms with Gasteiger partial charge >= 0.3 is 13.6 Å². The molecule has 0 saturated carbocycles. The Bertz CT molecular complexity index is 1430. The number of aliphatic carboxylic acids is 1. The predicted octanol–water partition coefficient (Wildman–Crippen LogP) is 4.33. The largest absolute Gasteiger partial charge is 0.493 e. The highest BCUT2D eigenvalue weighted by Gasteiger charge is 2.33. The number of carboxylic acid groups (broad SMARTS) is 1. The fourth-order valence-corrected chi connectivity index (χ4v) is 5.11. The van der Waals surface area contributed by atoms with Gasteiger partial charge in [0.25, 0.3) is 0 Å². The van der Waals surface area contributed by atoms with Gasteiger partial charge < -0.3 is 28.8 Å². The monoisotopic (exact) mass is 513 g/mol. The first-order valence-corrected chi connectivity index (χ1v) is 13.0. The minimum atomic E-state index is -4.65. The van der Waals surface area contributed by atoms with Gasteiger partial charge in [-0.15, -0.1) is 0 Å². The summed E-state index contributed by atoms with van der Waals surface area (Å²) in [6.07, 6.45) is 0.335. The van der Waals surface area contributed by atoms with E-state index in [1.165, 1.54) is 14.2 Å². The van der Waals surface area contributed by atoms with Crippen LogP contribution in [0.15, 0.2) is 65.1 Å². The molecule has 0 unspecified atom stereocenters. The molecular formula is C26H28NO8P. The summed E-state index contributed by atoms with van der Waals surface area (Å²) in [4.78, 5) is 31.9. The number of fused-ring (bicyclic) bond motifs is 3. The Morgan fingerprint density at radius 3 is 2.33 bits per heavy atom. The highest BCUT2D eigenvalue weighted by Crippen LogP contribution is 2.42. The van der Waals surface area contributed by atoms with Crippen molar-refractivity contribution in [3.8, 4) is 11.5 Å². The molecule has 0 spiro atoms. The fraction of sp³-hybridized carbons (Fsp3) is 0.269. The summed E-state index contributed by atoms with van der Waals surface area (Å²) in [6, 6.07) is 17.0. The second kappa shape index (κ2) is 10.7. The molecule has 0 aliphatic carbocycles. The summed E-state index contributed by atoms with van der Waals surface area (Å²) >= 11 is 0. The minimum Gasteiger partial charge on any atom is -0.493 e. The highest BCUT2D eigenvalue weighted by atomic mass is 31.2. The SMILES string of the molecule is COc1ccc(CC[C@H](N[C@@H](Cc2ccc3c(c2)oc2ccccc23)C(=O)O)P(=O)(O)O)cc1OC. The van der Waals surface area contributed by atoms with Gasteiger partial charge in [0, 0.05) is 10.8 Å². The number of ether oxygens (including phenoxy) is 2. The maximum atomic E-state index is 12.2. The Morgan fingerprint density at radius 1 is 0.944 bits per heavy atom. The van der Waals surface area contributed by atoms with Crippen molar-refractivity contribution >= 4 is 35.5 Å². The molecule has 0 radical (unpaired) electrons. The van der Waals surface area contributed by atoms with Gasteiger partial charge in [-0.2, -0.15) is 0 Å². The average molecular weight is 513 g/mol. The molecule has 4 rings (SSSR count). The summed E-state index contributed by atoms with van der Waals surface area (Å²) in [7, 11) is -1.63. The number of furan rings is 1. The van der Waals surface area contributed by atoms with Crippen LogP contribution in [0.4, 0.5) is 0 Å². The van der Waals surface area contributed by atoms with Crippen LogP contribution in [0.2, 0.25) is 0 Å². The third-order valence-corrected chi connectivity index (χ3v) is 7.35. The van der Waals surface area contributed by atoms with Gasteiger partial charge in [-0.1, -0.05) is 36.4 Å². The maximum Gasteiger partial charge on any atom is 0.342 e. The van der Waals surface area contributed by atoms with Crippen LogP contribution in [0.5, 0.6) is 11.5 Å². The van der Waals surface area contributed by atoms with Crippen LogP contribution in [0.25, 0.3) is 21.9 Å². The Labute approximate surface area is 207 Å². The van der Waals surface area contributed by atoms with Crippen LogP contribution in [0, 0.1) is 0 Å². The Kier molecular flexibility index (Phi) is 7.66. The van der Waals surface area contributed by atoms with E-state index in [0.29, 0.717) is 29.1 Å². The number of hydrogen-bond acceptors (Lipinski definition) is 6. The number of carboxylic acids is 1. The van der Waals surface area contributed by atoms with Crippen molar-refractivity contribution in [2.75, 3.05) is 14.2 Å². The zero-order valence-corrected chi connectivity index (χ0v) is 20.8. The first-order chi connectivity index (χ1) is 17.2. The van der Waals surface area contributed by atoms with Crippen molar-refractivity contribution in [3.05, 3.63) is 71.8 Å². The van der Waals surface area contributed by atoms with Crippen LogP contribution in [0.3, 0.4) is 0 Å². The molecule has 0 bridgehead atoms. The Morgan fingerprint density at radius 2 is 1.64 bits per heavy atom. The molecule has 9 nitrogen and oxygen atoms in total. The smallest absolute Gasteiger partial charge is 0.342 e. The highest BCUT2D eigenvalue weighted by molar-refractivity contribution is 7.52. The number of hydrogen-bond donors (Lipinski definition) is 4. The lowest BCUT2D eigenvalue weighted by atomic mass is 10.0. The number of carbonyl (C=O) groups is 1. The van der Waals surface area contributed by atoms with Crippen LogP contribution < -0.4 is 14.8 Å². The van der Waals surface area contributed by atoms with Gasteiger partial charge in [0.1, 0.15) is 23.0 Å². The number of aryl methyl sites for hydroxylation is 1. The van der Waals surface area contributed by atoms with E-state index in [-0.39, 0.29) is 12.8 Å². The standard InChI is InChI=1S/C26H28NO8P/c1-33-22-11-8-16(14-24(22)34-2)9-12-25(36(30,31)32)27-20(26(28)29)13-17-7-10-19-18-5-3-4-6-21(18)35-23(19)15-17/h3-8,10-11,14-15,20,25,27H,9,12-13H2,1-2H3,(H,28,29)(H2,30,31,32)/t20-,25+/m0/s1. The molecule has 0 aliphatic rings. The molecule has 2 atom stereocenters.